The van der Waals surface area contributed by atoms with Gasteiger partial charge in [0.2, 0.25) is 0 Å². The number of fused-ring (bicyclic) bond motifs is 1. The van der Waals surface area contributed by atoms with Gasteiger partial charge < -0.3 is 19.6 Å². The van der Waals surface area contributed by atoms with E-state index >= 15 is 0 Å². The van der Waals surface area contributed by atoms with Crippen LogP contribution < -0.4 is 20.7 Å². The molecule has 4 rings (SSSR count). The van der Waals surface area contributed by atoms with Crippen molar-refractivity contribution in [3.05, 3.63) is 84.7 Å². The topological polar surface area (TPSA) is 111 Å². The molecule has 0 fully saturated rings. The van der Waals surface area contributed by atoms with Crippen LogP contribution in [0, 0.1) is 11.6 Å². The number of nitrogens with one attached hydrogen (secondary N) is 1. The van der Waals surface area contributed by atoms with Gasteiger partial charge in [-0.05, 0) is 18.2 Å². The number of aromatic amines is 1. The third kappa shape index (κ3) is 3.62. The molecule has 0 atom stereocenters. The maximum atomic E-state index is 14.6. The smallest absolute Gasteiger partial charge is 0.346 e. The fourth-order valence-corrected chi connectivity index (χ4v) is 3.98. The van der Waals surface area contributed by atoms with Crippen molar-refractivity contribution in [2.24, 2.45) is 0 Å². The largest absolute Gasteiger partial charge is 0.494 e. The van der Waals surface area contributed by atoms with E-state index < -0.39 is 34.5 Å². The standard InChI is InChI=1S/C21H14F2N2O6S/c1-30-15-4-2-3-10(17(15)23)8-31-11-5-6-12(22)14(7-11)25-19(26)16-13(24-21(25)29)9-32-18(16)20(27)28/h2-7,9H,8H2,1H3,(H,24,29)(H,27,28). The number of benzene rings is 2. The number of H-pyrrole nitrogens is 1. The first-order valence-electron chi connectivity index (χ1n) is 9.05. The van der Waals surface area contributed by atoms with Gasteiger partial charge in [0.1, 0.15) is 23.1 Å². The van der Waals surface area contributed by atoms with E-state index in [4.69, 9.17) is 9.47 Å². The first-order chi connectivity index (χ1) is 15.3. The van der Waals surface area contributed by atoms with Gasteiger partial charge in [-0.2, -0.15) is 0 Å². The van der Waals surface area contributed by atoms with Gasteiger partial charge in [-0.3, -0.25) is 4.79 Å². The van der Waals surface area contributed by atoms with Gasteiger partial charge in [0.25, 0.3) is 5.56 Å². The Morgan fingerprint density at radius 1 is 1.22 bits per heavy atom. The van der Waals surface area contributed by atoms with Crippen molar-refractivity contribution in [3.8, 4) is 17.2 Å². The number of aromatic carboxylic acids is 1. The third-order valence-corrected chi connectivity index (χ3v) is 5.63. The summed E-state index contributed by atoms with van der Waals surface area (Å²) in [6.07, 6.45) is 0. The average molecular weight is 460 g/mol. The molecular formula is C21H14F2N2O6S. The van der Waals surface area contributed by atoms with Crippen molar-refractivity contribution in [2.45, 2.75) is 6.61 Å². The highest BCUT2D eigenvalue weighted by Gasteiger charge is 2.20. The minimum atomic E-state index is -1.35. The minimum absolute atomic E-state index is 0.0299. The van der Waals surface area contributed by atoms with E-state index in [2.05, 4.69) is 4.98 Å². The van der Waals surface area contributed by atoms with Crippen LogP contribution in [0.25, 0.3) is 16.6 Å². The van der Waals surface area contributed by atoms with Crippen LogP contribution >= 0.6 is 11.3 Å². The molecule has 0 radical (unpaired) electrons. The van der Waals surface area contributed by atoms with Crippen molar-refractivity contribution < 1.29 is 28.2 Å². The molecule has 0 aliphatic carbocycles. The lowest BCUT2D eigenvalue weighted by Crippen LogP contribution is -2.34. The highest BCUT2D eigenvalue weighted by atomic mass is 32.1. The van der Waals surface area contributed by atoms with E-state index in [1.54, 1.807) is 6.07 Å². The van der Waals surface area contributed by atoms with Gasteiger partial charge in [-0.15, -0.1) is 11.3 Å². The fraction of sp³-hybridized carbons (Fsp3) is 0.0952. The van der Waals surface area contributed by atoms with Crippen molar-refractivity contribution in [1.29, 1.82) is 0 Å². The second kappa shape index (κ2) is 8.27. The number of rotatable bonds is 6. The van der Waals surface area contributed by atoms with Gasteiger partial charge >= 0.3 is 11.7 Å². The van der Waals surface area contributed by atoms with Crippen LogP contribution in [-0.2, 0) is 6.61 Å². The molecule has 4 aromatic rings. The van der Waals surface area contributed by atoms with E-state index in [0.29, 0.717) is 4.57 Å². The van der Waals surface area contributed by atoms with Crippen LogP contribution in [0.4, 0.5) is 8.78 Å². The molecule has 2 aromatic heterocycles. The van der Waals surface area contributed by atoms with Gasteiger partial charge in [-0.25, -0.2) is 22.9 Å². The number of aromatic nitrogens is 2. The molecule has 0 bridgehead atoms. The quantitative estimate of drug-likeness (QED) is 0.457. The van der Waals surface area contributed by atoms with Crippen molar-refractivity contribution >= 4 is 28.2 Å². The van der Waals surface area contributed by atoms with Crippen LogP contribution in [-0.4, -0.2) is 27.7 Å². The SMILES string of the molecule is COc1cccc(COc2ccc(F)c(-n3c(=O)[nH]c4csc(C(=O)O)c4c3=O)c2)c1F. The predicted molar refractivity (Wildman–Crippen MR) is 112 cm³/mol. The lowest BCUT2D eigenvalue weighted by Gasteiger charge is -2.12. The zero-order valence-electron chi connectivity index (χ0n) is 16.3. The Kier molecular flexibility index (Phi) is 5.49. The van der Waals surface area contributed by atoms with E-state index in [0.717, 1.165) is 23.5 Å². The van der Waals surface area contributed by atoms with Crippen LogP contribution in [0.2, 0.25) is 0 Å². The summed E-state index contributed by atoms with van der Waals surface area (Å²) in [6.45, 7) is -0.230. The molecule has 32 heavy (non-hydrogen) atoms. The first-order valence-corrected chi connectivity index (χ1v) is 9.93. The van der Waals surface area contributed by atoms with E-state index in [1.165, 1.54) is 30.7 Å². The Balaban J connectivity index is 1.76. The summed E-state index contributed by atoms with van der Waals surface area (Å²) in [5.74, 6) is -2.79. The van der Waals surface area contributed by atoms with Crippen molar-refractivity contribution in [3.63, 3.8) is 0 Å². The van der Waals surface area contributed by atoms with Crippen LogP contribution in [0.5, 0.6) is 11.5 Å². The zero-order chi connectivity index (χ0) is 23.0. The van der Waals surface area contributed by atoms with Crippen LogP contribution in [0.1, 0.15) is 15.2 Å². The monoisotopic (exact) mass is 460 g/mol. The van der Waals surface area contributed by atoms with Crippen LogP contribution in [0.3, 0.4) is 0 Å². The number of methoxy groups -OCH3 is 1. The molecule has 8 nitrogen and oxygen atoms in total. The maximum absolute atomic E-state index is 14.6. The lowest BCUT2D eigenvalue weighted by atomic mass is 10.2. The average Bonchev–Trinajstić information content (AvgIpc) is 3.19. The fourth-order valence-electron chi connectivity index (χ4n) is 3.15. The number of halogens is 2. The molecule has 0 saturated carbocycles. The molecule has 0 unspecified atom stereocenters. The number of carboxylic acids is 1. The second-order valence-electron chi connectivity index (χ2n) is 6.56. The molecule has 2 N–H and O–H groups in total. The van der Waals surface area contributed by atoms with Crippen LogP contribution in [0.15, 0.2) is 51.4 Å². The number of thiophene rings is 1. The summed E-state index contributed by atoms with van der Waals surface area (Å²) in [5, 5.41) is 10.4. The highest BCUT2D eigenvalue weighted by molar-refractivity contribution is 7.13. The number of hydrogen-bond donors (Lipinski definition) is 2. The number of nitrogens with zero attached hydrogens (tertiary/aromatic N) is 1. The normalized spacial score (nSPS) is 11.0. The van der Waals surface area contributed by atoms with Gasteiger partial charge in [-0.1, -0.05) is 12.1 Å². The minimum Gasteiger partial charge on any atom is -0.494 e. The van der Waals surface area contributed by atoms with Gasteiger partial charge in [0, 0.05) is 17.0 Å². The molecule has 2 aromatic carbocycles. The lowest BCUT2D eigenvalue weighted by molar-refractivity contribution is 0.0704. The molecule has 0 aliphatic rings. The van der Waals surface area contributed by atoms with Crippen molar-refractivity contribution in [1.82, 2.24) is 9.55 Å². The zero-order valence-corrected chi connectivity index (χ0v) is 17.2. The van der Waals surface area contributed by atoms with Crippen molar-refractivity contribution in [2.75, 3.05) is 7.11 Å². The Bertz CT molecular complexity index is 1470. The summed E-state index contributed by atoms with van der Waals surface area (Å²) >= 11 is 0.768. The summed E-state index contributed by atoms with van der Waals surface area (Å²) in [6, 6.07) is 7.83. The number of carboxylic acid groups (broad SMARTS) is 1. The maximum Gasteiger partial charge on any atom is 0.346 e. The molecule has 0 amide bonds. The Morgan fingerprint density at radius 2 is 2.00 bits per heavy atom. The molecule has 0 saturated heterocycles. The Labute approximate surface area is 181 Å². The first kappa shape index (κ1) is 21.2. The summed E-state index contributed by atoms with van der Waals surface area (Å²) < 4.78 is 39.8. The Morgan fingerprint density at radius 3 is 2.72 bits per heavy atom. The number of ether oxygens (including phenoxy) is 2. The third-order valence-electron chi connectivity index (χ3n) is 4.66. The van der Waals surface area contributed by atoms with Gasteiger partial charge in [0.15, 0.2) is 11.6 Å². The highest BCUT2D eigenvalue weighted by Crippen LogP contribution is 2.25. The molecule has 164 valence electrons. The summed E-state index contributed by atoms with van der Waals surface area (Å²) in [4.78, 5) is 38.9. The van der Waals surface area contributed by atoms with E-state index in [-0.39, 0.29) is 39.4 Å². The number of hydrogen-bond acceptors (Lipinski definition) is 6. The molecule has 2 heterocycles. The second-order valence-corrected chi connectivity index (χ2v) is 7.44. The van der Waals surface area contributed by atoms with E-state index in [9.17, 15) is 28.3 Å². The summed E-state index contributed by atoms with van der Waals surface area (Å²) in [5.41, 5.74) is -2.16. The molecule has 0 aliphatic heterocycles. The van der Waals surface area contributed by atoms with E-state index in [1.807, 2.05) is 0 Å². The molecular weight excluding hydrogens is 446 g/mol. The number of carbonyl (C=O) groups is 1. The predicted octanol–water partition coefficient (Wildman–Crippen LogP) is 3.30. The molecule has 11 heteroatoms. The Hall–Kier alpha value is -3.99. The summed E-state index contributed by atoms with van der Waals surface area (Å²) in [7, 11) is 1.32. The van der Waals surface area contributed by atoms with Gasteiger partial charge in [0.05, 0.1) is 23.7 Å². The molecule has 0 spiro atoms.